The van der Waals surface area contributed by atoms with Crippen molar-refractivity contribution < 1.29 is 4.79 Å². The maximum atomic E-state index is 12.7. The predicted molar refractivity (Wildman–Crippen MR) is 124 cm³/mol. The Kier molecular flexibility index (Phi) is 8.44. The van der Waals surface area contributed by atoms with Gasteiger partial charge in [0, 0.05) is 21.7 Å². The van der Waals surface area contributed by atoms with Crippen molar-refractivity contribution in [2.45, 2.75) is 58.3 Å². The molecule has 0 radical (unpaired) electrons. The van der Waals surface area contributed by atoms with Gasteiger partial charge in [-0.1, -0.05) is 80.1 Å². The predicted octanol–water partition coefficient (Wildman–Crippen LogP) is 7.79. The molecule has 1 aliphatic carbocycles. The minimum absolute atomic E-state index is 0.0497. The van der Waals surface area contributed by atoms with Gasteiger partial charge in [-0.15, -0.1) is 0 Å². The van der Waals surface area contributed by atoms with Crippen molar-refractivity contribution in [1.82, 2.24) is 0 Å². The topological polar surface area (TPSA) is 29.1 Å². The summed E-state index contributed by atoms with van der Waals surface area (Å²) >= 11 is 12.6. The smallest absolute Gasteiger partial charge is 0.227 e. The zero-order valence-electron chi connectivity index (χ0n) is 17.2. The molecule has 156 valence electrons. The largest absolute Gasteiger partial charge is 0.326 e. The van der Waals surface area contributed by atoms with Gasteiger partial charge >= 0.3 is 0 Å². The maximum absolute atomic E-state index is 12.7. The van der Waals surface area contributed by atoms with Gasteiger partial charge in [0.2, 0.25) is 5.91 Å². The van der Waals surface area contributed by atoms with E-state index in [0.29, 0.717) is 5.92 Å². The molecule has 1 fully saturated rings. The zero-order valence-corrected chi connectivity index (χ0v) is 18.7. The van der Waals surface area contributed by atoms with Gasteiger partial charge in [-0.25, -0.2) is 0 Å². The average Bonchev–Trinajstić information content (AvgIpc) is 2.69. The lowest BCUT2D eigenvalue weighted by atomic mass is 9.78. The van der Waals surface area contributed by atoms with Crippen molar-refractivity contribution in [3.05, 3.63) is 64.1 Å². The third-order valence-corrected chi connectivity index (χ3v) is 7.11. The Labute approximate surface area is 185 Å². The summed E-state index contributed by atoms with van der Waals surface area (Å²) in [6, 6.07) is 15.5. The van der Waals surface area contributed by atoms with Crippen molar-refractivity contribution in [3.63, 3.8) is 0 Å². The van der Waals surface area contributed by atoms with E-state index in [2.05, 4.69) is 12.2 Å². The Hall–Kier alpha value is -1.51. The van der Waals surface area contributed by atoms with E-state index in [1.165, 1.54) is 25.7 Å². The molecule has 1 saturated carbocycles. The third kappa shape index (κ3) is 6.49. The molecular weight excluding hydrogens is 401 g/mol. The number of benzene rings is 2. The summed E-state index contributed by atoms with van der Waals surface area (Å²) in [6.45, 7) is 2.08. The number of para-hydroxylation sites is 1. The van der Waals surface area contributed by atoms with E-state index < -0.39 is 0 Å². The number of hydrogen-bond donors (Lipinski definition) is 1. The van der Waals surface area contributed by atoms with E-state index in [-0.39, 0.29) is 11.8 Å². The quantitative estimate of drug-likeness (QED) is 0.496. The van der Waals surface area contributed by atoms with Crippen LogP contribution in [0.2, 0.25) is 10.0 Å². The van der Waals surface area contributed by atoms with E-state index in [0.717, 1.165) is 52.9 Å². The van der Waals surface area contributed by atoms with Gasteiger partial charge in [0.1, 0.15) is 0 Å². The van der Waals surface area contributed by atoms with Crippen LogP contribution in [0.4, 0.5) is 5.69 Å². The number of rotatable bonds is 6. The van der Waals surface area contributed by atoms with E-state index in [1.54, 1.807) is 0 Å². The molecule has 0 heterocycles. The number of halogens is 2. The number of anilines is 1. The maximum Gasteiger partial charge on any atom is 0.227 e. The number of hydrogen-bond acceptors (Lipinski definition) is 1. The fraction of sp³-hybridized carbons (Fsp3) is 0.480. The second-order valence-electron chi connectivity index (χ2n) is 8.37. The minimum atomic E-state index is 0.0497. The highest BCUT2D eigenvalue weighted by atomic mass is 35.5. The van der Waals surface area contributed by atoms with Gasteiger partial charge < -0.3 is 5.32 Å². The number of carbonyl (C=O) groups is 1. The Morgan fingerprint density at radius 3 is 2.21 bits per heavy atom. The molecule has 1 aliphatic rings. The second-order valence-corrected chi connectivity index (χ2v) is 9.19. The van der Waals surface area contributed by atoms with Crippen LogP contribution in [-0.4, -0.2) is 5.91 Å². The molecule has 0 bridgehead atoms. The normalized spacial score (nSPS) is 21.1. The first-order valence-corrected chi connectivity index (χ1v) is 11.6. The summed E-state index contributed by atoms with van der Waals surface area (Å²) in [7, 11) is 0. The van der Waals surface area contributed by atoms with E-state index in [4.69, 9.17) is 23.2 Å². The van der Waals surface area contributed by atoms with Crippen LogP contribution in [0, 0.1) is 17.8 Å². The molecule has 1 atom stereocenters. The molecule has 0 saturated heterocycles. The van der Waals surface area contributed by atoms with Crippen LogP contribution < -0.4 is 5.32 Å². The van der Waals surface area contributed by atoms with Crippen LogP contribution in [0.1, 0.15) is 57.4 Å². The third-order valence-electron chi connectivity index (χ3n) is 6.40. The average molecular weight is 432 g/mol. The molecular formula is C25H31Cl2NO. The van der Waals surface area contributed by atoms with Gasteiger partial charge in [0.15, 0.2) is 0 Å². The molecule has 4 heteroatoms. The SMILES string of the molecule is CC(C(=O)Nc1ccccc1)C1CCCC(CCc2c(Cl)cccc2Cl)CCC1. The molecule has 2 nitrogen and oxygen atoms in total. The zero-order chi connectivity index (χ0) is 20.6. The van der Waals surface area contributed by atoms with Crippen molar-refractivity contribution in [1.29, 1.82) is 0 Å². The minimum Gasteiger partial charge on any atom is -0.326 e. The van der Waals surface area contributed by atoms with Gasteiger partial charge in [-0.05, 0) is 67.3 Å². The van der Waals surface area contributed by atoms with Crippen molar-refractivity contribution in [2.24, 2.45) is 17.8 Å². The molecule has 1 N–H and O–H groups in total. The first kappa shape index (κ1) is 22.2. The molecule has 0 aliphatic heterocycles. The first-order chi connectivity index (χ1) is 14.0. The second kappa shape index (κ2) is 11.0. The number of carbonyl (C=O) groups excluding carboxylic acids is 1. The highest BCUT2D eigenvalue weighted by Crippen LogP contribution is 2.34. The Balaban J connectivity index is 1.47. The molecule has 2 aromatic rings. The number of amides is 1. The lowest BCUT2D eigenvalue weighted by Gasteiger charge is -2.28. The Morgan fingerprint density at radius 2 is 1.59 bits per heavy atom. The molecule has 2 aromatic carbocycles. The van der Waals surface area contributed by atoms with E-state index >= 15 is 0 Å². The molecule has 1 amide bonds. The first-order valence-electron chi connectivity index (χ1n) is 10.8. The van der Waals surface area contributed by atoms with Gasteiger partial charge in [0.05, 0.1) is 0 Å². The monoisotopic (exact) mass is 431 g/mol. The van der Waals surface area contributed by atoms with Crippen LogP contribution in [-0.2, 0) is 11.2 Å². The van der Waals surface area contributed by atoms with Crippen LogP contribution in [0.3, 0.4) is 0 Å². The summed E-state index contributed by atoms with van der Waals surface area (Å²) in [5, 5.41) is 4.63. The fourth-order valence-corrected chi connectivity index (χ4v) is 5.11. The van der Waals surface area contributed by atoms with Gasteiger partial charge in [-0.3, -0.25) is 4.79 Å². The van der Waals surface area contributed by atoms with Crippen LogP contribution in [0.5, 0.6) is 0 Å². The lowest BCUT2D eigenvalue weighted by Crippen LogP contribution is -2.28. The summed E-state index contributed by atoms with van der Waals surface area (Å²) in [5.74, 6) is 1.38. The molecule has 29 heavy (non-hydrogen) atoms. The summed E-state index contributed by atoms with van der Waals surface area (Å²) in [4.78, 5) is 12.7. The van der Waals surface area contributed by atoms with Crippen LogP contribution in [0.25, 0.3) is 0 Å². The molecule has 0 spiro atoms. The van der Waals surface area contributed by atoms with E-state index in [9.17, 15) is 4.79 Å². The van der Waals surface area contributed by atoms with Crippen molar-refractivity contribution >= 4 is 34.8 Å². The fourth-order valence-electron chi connectivity index (χ4n) is 4.53. The van der Waals surface area contributed by atoms with Crippen LogP contribution >= 0.6 is 23.2 Å². The molecule has 3 rings (SSSR count). The van der Waals surface area contributed by atoms with Gasteiger partial charge in [-0.2, -0.15) is 0 Å². The Bertz CT molecular complexity index is 762. The van der Waals surface area contributed by atoms with Gasteiger partial charge in [0.25, 0.3) is 0 Å². The molecule has 0 aromatic heterocycles. The number of nitrogens with one attached hydrogen (secondary N) is 1. The highest BCUT2D eigenvalue weighted by molar-refractivity contribution is 6.35. The summed E-state index contributed by atoms with van der Waals surface area (Å²) in [5.41, 5.74) is 1.97. The van der Waals surface area contributed by atoms with Crippen molar-refractivity contribution in [2.75, 3.05) is 5.32 Å². The Morgan fingerprint density at radius 1 is 0.966 bits per heavy atom. The summed E-state index contributed by atoms with van der Waals surface area (Å²) < 4.78 is 0. The lowest BCUT2D eigenvalue weighted by molar-refractivity contribution is -0.121. The standard InChI is InChI=1S/C25H31Cl2NO/c1-18(25(29)28-21-12-3-2-4-13-21)20-10-5-8-19(9-6-11-20)16-17-22-23(26)14-7-15-24(22)27/h2-4,7,12-15,18-20H,5-6,8-11,16-17H2,1H3,(H,28,29). The van der Waals surface area contributed by atoms with Crippen molar-refractivity contribution in [3.8, 4) is 0 Å². The van der Waals surface area contributed by atoms with E-state index in [1.807, 2.05) is 48.5 Å². The highest BCUT2D eigenvalue weighted by Gasteiger charge is 2.26. The van der Waals surface area contributed by atoms with Crippen LogP contribution in [0.15, 0.2) is 48.5 Å². The molecule has 1 unspecified atom stereocenters. The summed E-state index contributed by atoms with van der Waals surface area (Å²) in [6.07, 6.45) is 9.18.